The first-order valence-electron chi connectivity index (χ1n) is 2.56. The van der Waals surface area contributed by atoms with Crippen molar-refractivity contribution in [1.29, 1.82) is 0 Å². The van der Waals surface area contributed by atoms with E-state index in [0.29, 0.717) is 0 Å². The summed E-state index contributed by atoms with van der Waals surface area (Å²) in [7, 11) is 3.39. The van der Waals surface area contributed by atoms with Gasteiger partial charge in [0.05, 0.1) is 0 Å². The largest absolute Gasteiger partial charge is 1.00 e. The van der Waals surface area contributed by atoms with Crippen LogP contribution in [0, 0.1) is 0 Å². The zero-order valence-corrected chi connectivity index (χ0v) is 6.33. The fourth-order valence-corrected chi connectivity index (χ4v) is 0.625. The fourth-order valence-electron chi connectivity index (χ4n) is 0.375. The van der Waals surface area contributed by atoms with Gasteiger partial charge in [-0.1, -0.05) is 26.2 Å². The third-order valence-corrected chi connectivity index (χ3v) is 1.13. The van der Waals surface area contributed by atoms with E-state index in [1.54, 1.807) is 0 Å². The van der Waals surface area contributed by atoms with E-state index in [1.807, 2.05) is 0 Å². The smallest absolute Gasteiger partial charge is 0.558 e. The van der Waals surface area contributed by atoms with Gasteiger partial charge in [0, 0.05) is 0 Å². The summed E-state index contributed by atoms with van der Waals surface area (Å²) in [5, 5.41) is 0. The summed E-state index contributed by atoms with van der Waals surface area (Å²) in [5.41, 5.74) is 0. The van der Waals surface area contributed by atoms with Gasteiger partial charge in [-0.05, 0) is 0 Å². The summed E-state index contributed by atoms with van der Waals surface area (Å²) >= 11 is 0. The second kappa shape index (κ2) is 10.1. The Labute approximate surface area is 60.8 Å². The number of hydrogen-bond acceptors (Lipinski definition) is 0. The van der Waals surface area contributed by atoms with Crippen LogP contribution in [0.2, 0.25) is 0 Å². The first-order chi connectivity index (χ1) is 2.91. The van der Waals surface area contributed by atoms with Crippen LogP contribution in [0.1, 0.15) is 26.2 Å². The van der Waals surface area contributed by atoms with Gasteiger partial charge in [0.15, 0.2) is 0 Å². The fraction of sp³-hybridized carbons (Fsp3) is 1.00. The van der Waals surface area contributed by atoms with E-state index in [4.69, 9.17) is 0 Å². The van der Waals surface area contributed by atoms with Crippen LogP contribution in [0.4, 0.5) is 0 Å². The van der Waals surface area contributed by atoms with E-state index in [2.05, 4.69) is 16.2 Å². The Morgan fingerprint density at radius 2 is 1.86 bits per heavy atom. The van der Waals surface area contributed by atoms with Crippen LogP contribution in [0.3, 0.4) is 0 Å². The molecule has 0 nitrogen and oxygen atoms in total. The maximum absolute atomic E-state index is 3.39. The molecule has 0 unspecified atom stereocenters. The molecule has 0 aromatic carbocycles. The van der Waals surface area contributed by atoms with Crippen LogP contribution in [0.5, 0.6) is 0 Å². The van der Waals surface area contributed by atoms with Crippen molar-refractivity contribution in [3.63, 3.8) is 0 Å². The maximum Gasteiger partial charge on any atom is 1.00 e. The molecule has 0 atom stereocenters. The van der Waals surface area contributed by atoms with Crippen LogP contribution in [-0.2, 0) is 0 Å². The third-order valence-electron chi connectivity index (χ3n) is 0.780. The number of rotatable bonds is 3. The molecule has 0 rings (SSSR count). The Hall–Kier alpha value is 1.03. The maximum atomic E-state index is 3.39. The van der Waals surface area contributed by atoms with Crippen molar-refractivity contribution in [2.75, 3.05) is 6.16 Å². The second-order valence-corrected chi connectivity index (χ2v) is 1.96. The van der Waals surface area contributed by atoms with E-state index in [-0.39, 0.29) is 18.9 Å². The molecule has 2 heteroatoms. The summed E-state index contributed by atoms with van der Waals surface area (Å²) in [6.45, 7) is 2.21. The molecular formula is C5H12LiP. The molecule has 0 aliphatic rings. The first-order valence-corrected chi connectivity index (χ1v) is 3.27. The average Bonchev–Trinajstić information content (AvgIpc) is 1.61. The van der Waals surface area contributed by atoms with Crippen molar-refractivity contribution in [3.8, 4) is 0 Å². The minimum absolute atomic E-state index is 0. The molecule has 38 valence electrons. The first kappa shape index (κ1) is 10.9. The van der Waals surface area contributed by atoms with Gasteiger partial charge in [0.2, 0.25) is 0 Å². The Bertz CT molecular complexity index is 20.0. The Balaban J connectivity index is 0. The Morgan fingerprint density at radius 1 is 1.29 bits per heavy atom. The molecular weight excluding hydrogens is 98.0 g/mol. The van der Waals surface area contributed by atoms with Gasteiger partial charge >= 0.3 is 18.9 Å². The van der Waals surface area contributed by atoms with Crippen LogP contribution >= 0.6 is 9.24 Å². The summed E-state index contributed by atoms with van der Waals surface area (Å²) < 4.78 is 0. The molecule has 7 heavy (non-hydrogen) atoms. The van der Waals surface area contributed by atoms with Crippen LogP contribution in [0.15, 0.2) is 0 Å². The Kier molecular flexibility index (Phi) is 15.7. The van der Waals surface area contributed by atoms with Crippen molar-refractivity contribution in [2.45, 2.75) is 26.2 Å². The van der Waals surface area contributed by atoms with Crippen LogP contribution in [0.25, 0.3) is 0 Å². The van der Waals surface area contributed by atoms with E-state index < -0.39 is 0 Å². The van der Waals surface area contributed by atoms with Gasteiger partial charge in [-0.15, -0.1) is 0 Å². The number of unbranched alkanes of at least 4 members (excludes halogenated alkanes) is 2. The molecule has 0 fully saturated rings. The molecule has 0 saturated carbocycles. The van der Waals surface area contributed by atoms with Crippen molar-refractivity contribution >= 4 is 9.24 Å². The third kappa shape index (κ3) is 11.0. The Morgan fingerprint density at radius 3 is 2.00 bits per heavy atom. The molecule has 0 amide bonds. The molecule has 0 aromatic heterocycles. The number of hydrogen-bond donors (Lipinski definition) is 0. The molecule has 0 N–H and O–H groups in total. The molecule has 0 aromatic rings. The minimum atomic E-state index is 0. The molecule has 0 aliphatic carbocycles. The topological polar surface area (TPSA) is 0 Å². The molecule has 0 heterocycles. The summed E-state index contributed by atoms with van der Waals surface area (Å²) in [4.78, 5) is 0. The predicted molar refractivity (Wildman–Crippen MR) is 32.7 cm³/mol. The quantitative estimate of drug-likeness (QED) is 0.256. The molecule has 0 spiro atoms. The van der Waals surface area contributed by atoms with Gasteiger partial charge in [0.1, 0.15) is 0 Å². The van der Waals surface area contributed by atoms with Crippen molar-refractivity contribution in [2.24, 2.45) is 0 Å². The van der Waals surface area contributed by atoms with Crippen molar-refractivity contribution < 1.29 is 18.9 Å². The standard InChI is InChI=1S/C5H12P.Li/c1-2-3-4-5-6;/h6H,2-5H2,1H3;/q-1;+1. The van der Waals surface area contributed by atoms with Gasteiger partial charge in [-0.3, -0.25) is 0 Å². The zero-order chi connectivity index (χ0) is 4.83. The van der Waals surface area contributed by atoms with Crippen LogP contribution < -0.4 is 18.9 Å². The summed E-state index contributed by atoms with van der Waals surface area (Å²) in [5.74, 6) is 0. The molecule has 0 bridgehead atoms. The molecule has 0 radical (unpaired) electrons. The van der Waals surface area contributed by atoms with Gasteiger partial charge in [0.25, 0.3) is 0 Å². The molecule has 0 aliphatic heterocycles. The van der Waals surface area contributed by atoms with E-state index in [9.17, 15) is 0 Å². The van der Waals surface area contributed by atoms with E-state index in [1.165, 1.54) is 19.3 Å². The van der Waals surface area contributed by atoms with E-state index in [0.717, 1.165) is 6.16 Å². The van der Waals surface area contributed by atoms with E-state index >= 15 is 0 Å². The SMILES string of the molecule is CCCCC[PH-].[Li+]. The van der Waals surface area contributed by atoms with Gasteiger partial charge in [-0.2, -0.15) is 6.16 Å². The zero-order valence-electron chi connectivity index (χ0n) is 5.33. The molecule has 0 saturated heterocycles. The van der Waals surface area contributed by atoms with Crippen molar-refractivity contribution in [1.82, 2.24) is 0 Å². The second-order valence-electron chi connectivity index (χ2n) is 1.46. The van der Waals surface area contributed by atoms with Gasteiger partial charge in [-0.25, -0.2) is 0 Å². The average molecular weight is 110 g/mol. The normalized spacial score (nSPS) is 7.71. The predicted octanol–water partition coefficient (Wildman–Crippen LogP) is -0.677. The minimum Gasteiger partial charge on any atom is -0.558 e. The van der Waals surface area contributed by atoms with Crippen LogP contribution in [-0.4, -0.2) is 6.16 Å². The van der Waals surface area contributed by atoms with Gasteiger partial charge < -0.3 is 9.24 Å². The summed E-state index contributed by atoms with van der Waals surface area (Å²) in [6.07, 6.45) is 5.18. The summed E-state index contributed by atoms with van der Waals surface area (Å²) in [6, 6.07) is 0. The monoisotopic (exact) mass is 110 g/mol. The van der Waals surface area contributed by atoms with Crippen molar-refractivity contribution in [3.05, 3.63) is 0 Å².